The molecule has 0 saturated carbocycles. The number of hydrogen-bond acceptors (Lipinski definition) is 1. The zero-order chi connectivity index (χ0) is 15.4. The van der Waals surface area contributed by atoms with Gasteiger partial charge in [0.25, 0.3) is 0 Å². The van der Waals surface area contributed by atoms with E-state index in [0.717, 1.165) is 20.4 Å². The normalized spacial score (nSPS) is 11.5. The molecule has 0 aliphatic heterocycles. The fraction of sp³-hybridized carbons (Fsp3) is 0. The highest BCUT2D eigenvalue weighted by molar-refractivity contribution is 9.10. The Morgan fingerprint density at radius 2 is 1.05 bits per heavy atom. The van der Waals surface area contributed by atoms with Crippen LogP contribution in [0.1, 0.15) is 0 Å². The molecule has 22 heavy (non-hydrogen) atoms. The summed E-state index contributed by atoms with van der Waals surface area (Å²) >= 11 is 3.43. The van der Waals surface area contributed by atoms with Gasteiger partial charge in [0.2, 0.25) is 0 Å². The van der Waals surface area contributed by atoms with E-state index < -0.39 is 15.1 Å². The average Bonchev–Trinajstić information content (AvgIpc) is 2.57. The highest BCUT2D eigenvalue weighted by Crippen LogP contribution is 2.58. The van der Waals surface area contributed by atoms with Crippen LogP contribution in [0.15, 0.2) is 89.4 Å². The lowest BCUT2D eigenvalue weighted by Gasteiger charge is -2.17. The first-order valence-corrected chi connectivity index (χ1v) is 11.0. The summed E-state index contributed by atoms with van der Waals surface area (Å²) in [4.78, 5) is 0. The summed E-state index contributed by atoms with van der Waals surface area (Å²) in [6, 6.07) is 28.1. The van der Waals surface area contributed by atoms with Crippen molar-refractivity contribution in [3.05, 3.63) is 89.4 Å². The first kappa shape index (κ1) is 15.6. The van der Waals surface area contributed by atoms with Crippen molar-refractivity contribution in [2.24, 2.45) is 0 Å². The van der Waals surface area contributed by atoms with E-state index in [-0.39, 0.29) is 0 Å². The monoisotopic (exact) mass is 387 g/mol. The Hall–Kier alpha value is -1.33. The van der Waals surface area contributed by atoms with Crippen LogP contribution in [-0.4, -0.2) is 0 Å². The lowest BCUT2D eigenvalue weighted by Crippen LogP contribution is -2.11. The second kappa shape index (κ2) is 7.29. The third-order valence-electron chi connectivity index (χ3n) is 3.23. The Bertz CT molecular complexity index is 719. The largest absolute Gasteiger partial charge is 0.277 e. The van der Waals surface area contributed by atoms with Gasteiger partial charge in [-0.25, -0.2) is 0 Å². The van der Waals surface area contributed by atoms with Crippen molar-refractivity contribution in [3.63, 3.8) is 0 Å². The second-order valence-electron chi connectivity index (χ2n) is 4.73. The van der Waals surface area contributed by atoms with E-state index in [1.807, 2.05) is 60.7 Å². The van der Waals surface area contributed by atoms with Crippen molar-refractivity contribution in [3.8, 4) is 0 Å². The number of benzene rings is 3. The molecule has 109 valence electrons. The molecule has 0 saturated heterocycles. The Morgan fingerprint density at radius 3 is 1.50 bits per heavy atom. The molecule has 3 aromatic carbocycles. The van der Waals surface area contributed by atoms with Crippen LogP contribution >= 0.6 is 31.0 Å². The standard InChI is InChI=1S/C18H14BrOP2/c19-15-11-13-18(14-12-15)22(20)21(16-7-3-1-4-8-16)17-9-5-2-6-10-17/h1-14H. The van der Waals surface area contributed by atoms with Gasteiger partial charge in [-0.15, -0.1) is 0 Å². The van der Waals surface area contributed by atoms with Gasteiger partial charge in [-0.05, 0) is 34.9 Å². The summed E-state index contributed by atoms with van der Waals surface area (Å²) in [5.74, 6) is 0. The van der Waals surface area contributed by atoms with E-state index >= 15 is 0 Å². The topological polar surface area (TPSA) is 17.1 Å². The minimum Gasteiger partial charge on any atom is -0.277 e. The highest BCUT2D eigenvalue weighted by atomic mass is 79.9. The molecule has 0 aliphatic carbocycles. The summed E-state index contributed by atoms with van der Waals surface area (Å²) in [5.41, 5.74) is 0. The Kier molecular flexibility index (Phi) is 5.16. The Morgan fingerprint density at radius 1 is 0.591 bits per heavy atom. The van der Waals surface area contributed by atoms with Gasteiger partial charge >= 0.3 is 0 Å². The van der Waals surface area contributed by atoms with E-state index in [9.17, 15) is 4.57 Å². The van der Waals surface area contributed by atoms with Gasteiger partial charge in [-0.2, -0.15) is 0 Å². The van der Waals surface area contributed by atoms with E-state index in [0.29, 0.717) is 0 Å². The summed E-state index contributed by atoms with van der Waals surface area (Å²) in [6.45, 7) is 0. The summed E-state index contributed by atoms with van der Waals surface area (Å²) in [6.07, 6.45) is 0. The van der Waals surface area contributed by atoms with E-state index in [1.54, 1.807) is 0 Å². The van der Waals surface area contributed by atoms with Crippen LogP contribution < -0.4 is 15.9 Å². The second-order valence-corrected chi connectivity index (χ2v) is 10.7. The lowest BCUT2D eigenvalue weighted by atomic mass is 10.4. The van der Waals surface area contributed by atoms with E-state index in [4.69, 9.17) is 0 Å². The summed E-state index contributed by atoms with van der Waals surface area (Å²) in [5, 5.41) is 3.19. The van der Waals surface area contributed by atoms with Gasteiger partial charge in [0.15, 0.2) is 0 Å². The molecule has 0 spiro atoms. The summed E-state index contributed by atoms with van der Waals surface area (Å²) in [7, 11) is -2.41. The van der Waals surface area contributed by atoms with Crippen molar-refractivity contribution in [2.75, 3.05) is 0 Å². The highest BCUT2D eigenvalue weighted by Gasteiger charge is 2.22. The van der Waals surface area contributed by atoms with Crippen LogP contribution in [0.25, 0.3) is 0 Å². The molecule has 1 nitrogen and oxygen atoms in total. The van der Waals surface area contributed by atoms with Crippen molar-refractivity contribution >= 4 is 46.9 Å². The molecule has 0 fully saturated rings. The zero-order valence-corrected chi connectivity index (χ0v) is 15.1. The van der Waals surface area contributed by atoms with Crippen LogP contribution in [0.2, 0.25) is 0 Å². The quantitative estimate of drug-likeness (QED) is 0.578. The van der Waals surface area contributed by atoms with Crippen LogP contribution in [-0.2, 0) is 4.57 Å². The maximum Gasteiger partial charge on any atom is 0.135 e. The maximum absolute atomic E-state index is 13.2. The minimum absolute atomic E-state index is 0.900. The van der Waals surface area contributed by atoms with Crippen molar-refractivity contribution in [1.82, 2.24) is 0 Å². The molecule has 0 amide bonds. The van der Waals surface area contributed by atoms with Crippen molar-refractivity contribution in [2.45, 2.75) is 0 Å². The van der Waals surface area contributed by atoms with Gasteiger partial charge in [0.1, 0.15) is 7.49 Å². The third kappa shape index (κ3) is 3.52. The molecule has 0 heterocycles. The maximum atomic E-state index is 13.2. The third-order valence-corrected chi connectivity index (χ3v) is 9.61. The number of hydrogen-bond donors (Lipinski definition) is 0. The van der Waals surface area contributed by atoms with E-state index in [1.165, 1.54) is 0 Å². The molecule has 0 aliphatic rings. The van der Waals surface area contributed by atoms with Gasteiger partial charge in [0.05, 0.1) is 0 Å². The fourth-order valence-corrected chi connectivity index (χ4v) is 7.86. The first-order valence-electron chi connectivity index (χ1n) is 6.89. The fourth-order valence-electron chi connectivity index (χ4n) is 2.18. The lowest BCUT2D eigenvalue weighted by molar-refractivity contribution is 0.600. The average molecular weight is 388 g/mol. The van der Waals surface area contributed by atoms with Crippen LogP contribution in [0.3, 0.4) is 0 Å². The molecule has 4 heteroatoms. The van der Waals surface area contributed by atoms with Gasteiger partial charge in [-0.3, -0.25) is 4.57 Å². The van der Waals surface area contributed by atoms with Gasteiger partial charge < -0.3 is 0 Å². The molecule has 1 atom stereocenters. The Labute approximate surface area is 141 Å². The van der Waals surface area contributed by atoms with E-state index in [2.05, 4.69) is 40.2 Å². The smallest absolute Gasteiger partial charge is 0.135 e. The SMILES string of the molecule is O=[P](c1ccc(Br)cc1)P(c1ccccc1)c1ccccc1. The first-order chi connectivity index (χ1) is 10.8. The minimum atomic E-state index is -1.51. The number of halogens is 1. The summed E-state index contributed by atoms with van der Waals surface area (Å²) < 4.78 is 14.2. The Balaban J connectivity index is 2.06. The van der Waals surface area contributed by atoms with Gasteiger partial charge in [-0.1, -0.05) is 76.6 Å². The molecular formula is C18H14BrOP2. The predicted molar refractivity (Wildman–Crippen MR) is 100 cm³/mol. The molecular weight excluding hydrogens is 374 g/mol. The van der Waals surface area contributed by atoms with Gasteiger partial charge in [0, 0.05) is 17.4 Å². The molecule has 1 unspecified atom stereocenters. The van der Waals surface area contributed by atoms with Crippen LogP contribution in [0.4, 0.5) is 0 Å². The zero-order valence-electron chi connectivity index (χ0n) is 11.8. The molecule has 0 N–H and O–H groups in total. The molecule has 0 aromatic heterocycles. The van der Waals surface area contributed by atoms with Crippen molar-refractivity contribution in [1.29, 1.82) is 0 Å². The van der Waals surface area contributed by atoms with Crippen molar-refractivity contribution < 1.29 is 4.57 Å². The van der Waals surface area contributed by atoms with Crippen LogP contribution in [0.5, 0.6) is 0 Å². The molecule has 1 radical (unpaired) electrons. The number of rotatable bonds is 4. The molecule has 3 aromatic rings. The molecule has 3 rings (SSSR count). The molecule has 0 bridgehead atoms. The van der Waals surface area contributed by atoms with Crippen LogP contribution in [0, 0.1) is 0 Å². The predicted octanol–water partition coefficient (Wildman–Crippen LogP) is 4.95.